The van der Waals surface area contributed by atoms with Crippen LogP contribution in [0.15, 0.2) is 30.4 Å². The highest BCUT2D eigenvalue weighted by Gasteiger charge is 2.47. The van der Waals surface area contributed by atoms with Gasteiger partial charge in [0.1, 0.15) is 11.9 Å². The van der Waals surface area contributed by atoms with E-state index in [4.69, 9.17) is 25.4 Å². The molecule has 0 aliphatic heterocycles. The topological polar surface area (TPSA) is 111 Å². The number of carboxylic acid groups (broad SMARTS) is 1. The standard InChI is InChI=1S/C29H45NO6/c1-4-6-7-11-22(31)13-14-23-24-15-20-10-8-12-27(34-18-29(32)33)25(20)16-21(24)17-28(23)36-35-19(3)26(30)9-5-2/h5,8-10,12,19,21-24,26,28,31H,4,6-7,11,13-18,30H2,1-3H3,(H,32,33). The molecule has 36 heavy (non-hydrogen) atoms. The van der Waals surface area contributed by atoms with E-state index in [1.807, 2.05) is 38.1 Å². The van der Waals surface area contributed by atoms with Crippen LogP contribution in [0.4, 0.5) is 0 Å². The zero-order valence-electron chi connectivity index (χ0n) is 22.1. The van der Waals surface area contributed by atoms with Crippen LogP contribution in [0.2, 0.25) is 0 Å². The number of carbonyl (C=O) groups is 1. The molecule has 4 N–H and O–H groups in total. The summed E-state index contributed by atoms with van der Waals surface area (Å²) in [6.45, 7) is 5.69. The molecule has 1 fully saturated rings. The van der Waals surface area contributed by atoms with Crippen molar-refractivity contribution < 1.29 is 29.5 Å². The second-order valence-corrected chi connectivity index (χ2v) is 10.6. The molecule has 3 rings (SSSR count). The fourth-order valence-corrected chi connectivity index (χ4v) is 5.92. The summed E-state index contributed by atoms with van der Waals surface area (Å²) in [6.07, 6.45) is 11.7. The van der Waals surface area contributed by atoms with Crippen molar-refractivity contribution in [2.24, 2.45) is 23.5 Å². The van der Waals surface area contributed by atoms with Crippen LogP contribution in [0.3, 0.4) is 0 Å². The second-order valence-electron chi connectivity index (χ2n) is 10.6. The molecule has 2 aliphatic rings. The molecule has 0 heterocycles. The predicted molar refractivity (Wildman–Crippen MR) is 140 cm³/mol. The molecule has 1 saturated carbocycles. The Kier molecular flexibility index (Phi) is 11.2. The Balaban J connectivity index is 1.71. The van der Waals surface area contributed by atoms with Gasteiger partial charge in [-0.3, -0.25) is 0 Å². The number of aliphatic carboxylic acids is 1. The van der Waals surface area contributed by atoms with Gasteiger partial charge in [-0.1, -0.05) is 50.5 Å². The lowest BCUT2D eigenvalue weighted by atomic mass is 9.73. The number of nitrogens with two attached hydrogens (primary N) is 1. The van der Waals surface area contributed by atoms with Gasteiger partial charge in [0.25, 0.3) is 0 Å². The van der Waals surface area contributed by atoms with Crippen LogP contribution in [0, 0.1) is 17.8 Å². The fraction of sp³-hybridized carbons (Fsp3) is 0.690. The number of aliphatic hydroxyl groups excluding tert-OH is 1. The van der Waals surface area contributed by atoms with Gasteiger partial charge in [-0.05, 0) is 87.3 Å². The molecule has 7 atom stereocenters. The van der Waals surface area contributed by atoms with Crippen LogP contribution in [0.25, 0.3) is 0 Å². The third-order valence-corrected chi connectivity index (χ3v) is 7.93. The van der Waals surface area contributed by atoms with E-state index in [2.05, 4.69) is 13.0 Å². The number of unbranched alkanes of at least 4 members (excludes halogenated alkanes) is 2. The number of carboxylic acids is 1. The molecule has 2 aliphatic carbocycles. The Labute approximate surface area is 215 Å². The number of benzene rings is 1. The molecule has 7 unspecified atom stereocenters. The SMILES string of the molecule is CC=CC(N)C(C)OOC1CC2Cc3c(cccc3OCC(=O)O)CC2C1CCC(O)CCCCC. The molecule has 0 amide bonds. The van der Waals surface area contributed by atoms with Crippen molar-refractivity contribution in [3.63, 3.8) is 0 Å². The zero-order valence-corrected chi connectivity index (χ0v) is 22.1. The first-order valence-electron chi connectivity index (χ1n) is 13.7. The summed E-state index contributed by atoms with van der Waals surface area (Å²) in [6, 6.07) is 5.69. The van der Waals surface area contributed by atoms with Gasteiger partial charge in [-0.25, -0.2) is 14.6 Å². The highest BCUT2D eigenvalue weighted by Crippen LogP contribution is 2.49. The number of aliphatic hydroxyl groups is 1. The van der Waals surface area contributed by atoms with Crippen molar-refractivity contribution in [3.8, 4) is 5.75 Å². The summed E-state index contributed by atoms with van der Waals surface area (Å²) in [5.74, 6) is 0.779. The number of rotatable bonds is 15. The van der Waals surface area contributed by atoms with Gasteiger partial charge in [0, 0.05) is 0 Å². The average Bonchev–Trinajstić information content (AvgIpc) is 3.19. The molecule has 0 spiro atoms. The molecular formula is C29H45NO6. The minimum absolute atomic E-state index is 0.0687. The summed E-state index contributed by atoms with van der Waals surface area (Å²) in [7, 11) is 0. The van der Waals surface area contributed by atoms with Crippen molar-refractivity contribution in [1.82, 2.24) is 0 Å². The van der Waals surface area contributed by atoms with Crippen LogP contribution in [0.1, 0.15) is 76.8 Å². The molecule has 0 bridgehead atoms. The second kappa shape index (κ2) is 14.1. The van der Waals surface area contributed by atoms with Crippen LogP contribution in [-0.2, 0) is 27.4 Å². The van der Waals surface area contributed by atoms with E-state index < -0.39 is 5.97 Å². The summed E-state index contributed by atoms with van der Waals surface area (Å²) < 4.78 is 5.61. The monoisotopic (exact) mass is 503 g/mol. The van der Waals surface area contributed by atoms with Crippen molar-refractivity contribution in [2.45, 2.75) is 103 Å². The van der Waals surface area contributed by atoms with Crippen molar-refractivity contribution >= 4 is 5.97 Å². The van der Waals surface area contributed by atoms with Crippen LogP contribution >= 0.6 is 0 Å². The lowest BCUT2D eigenvalue weighted by Crippen LogP contribution is -2.35. The van der Waals surface area contributed by atoms with E-state index in [0.29, 0.717) is 17.6 Å². The molecule has 0 saturated heterocycles. The average molecular weight is 504 g/mol. The molecule has 1 aromatic carbocycles. The molecule has 1 aromatic rings. The first kappa shape index (κ1) is 28.6. The Bertz CT molecular complexity index is 858. The summed E-state index contributed by atoms with van der Waals surface area (Å²) in [5, 5.41) is 19.7. The molecule has 7 nitrogen and oxygen atoms in total. The summed E-state index contributed by atoms with van der Waals surface area (Å²) >= 11 is 0. The lowest BCUT2D eigenvalue weighted by molar-refractivity contribution is -0.355. The minimum atomic E-state index is -0.976. The molecule has 7 heteroatoms. The van der Waals surface area contributed by atoms with E-state index in [1.165, 1.54) is 5.56 Å². The van der Waals surface area contributed by atoms with Gasteiger partial charge in [0.15, 0.2) is 6.61 Å². The first-order valence-corrected chi connectivity index (χ1v) is 13.7. The van der Waals surface area contributed by atoms with Crippen molar-refractivity contribution in [3.05, 3.63) is 41.5 Å². The first-order chi connectivity index (χ1) is 17.3. The Morgan fingerprint density at radius 3 is 2.78 bits per heavy atom. The van der Waals surface area contributed by atoms with Gasteiger partial charge in [0.05, 0.1) is 18.2 Å². The molecule has 202 valence electrons. The summed E-state index contributed by atoms with van der Waals surface area (Å²) in [4.78, 5) is 22.9. The zero-order chi connectivity index (χ0) is 26.1. The maximum Gasteiger partial charge on any atom is 0.341 e. The molecule has 0 radical (unpaired) electrons. The number of hydrogen-bond acceptors (Lipinski definition) is 6. The van der Waals surface area contributed by atoms with Crippen LogP contribution in [-0.4, -0.2) is 47.1 Å². The normalized spacial score (nSPS) is 25.8. The molecular weight excluding hydrogens is 458 g/mol. The van der Waals surface area contributed by atoms with Crippen LogP contribution < -0.4 is 10.5 Å². The van der Waals surface area contributed by atoms with Gasteiger partial charge < -0.3 is 20.7 Å². The smallest absolute Gasteiger partial charge is 0.341 e. The largest absolute Gasteiger partial charge is 0.482 e. The number of hydrogen-bond donors (Lipinski definition) is 3. The summed E-state index contributed by atoms with van der Waals surface area (Å²) in [5.41, 5.74) is 8.50. The van der Waals surface area contributed by atoms with Gasteiger partial charge in [-0.2, -0.15) is 0 Å². The van der Waals surface area contributed by atoms with E-state index in [9.17, 15) is 9.90 Å². The fourth-order valence-electron chi connectivity index (χ4n) is 5.92. The third-order valence-electron chi connectivity index (χ3n) is 7.93. The quantitative estimate of drug-likeness (QED) is 0.136. The highest BCUT2D eigenvalue weighted by atomic mass is 17.2. The maximum absolute atomic E-state index is 11.0. The number of allylic oxidation sites excluding steroid dienone is 1. The lowest BCUT2D eigenvalue weighted by Gasteiger charge is -2.33. The van der Waals surface area contributed by atoms with Gasteiger partial charge in [0.2, 0.25) is 0 Å². The number of ether oxygens (including phenoxy) is 1. The van der Waals surface area contributed by atoms with E-state index in [1.54, 1.807) is 0 Å². The van der Waals surface area contributed by atoms with E-state index in [0.717, 1.165) is 63.4 Å². The van der Waals surface area contributed by atoms with Crippen LogP contribution in [0.5, 0.6) is 5.75 Å². The Hall–Kier alpha value is -1.93. The van der Waals surface area contributed by atoms with Crippen molar-refractivity contribution in [1.29, 1.82) is 0 Å². The predicted octanol–water partition coefficient (Wildman–Crippen LogP) is 4.83. The van der Waals surface area contributed by atoms with Gasteiger partial charge in [-0.15, -0.1) is 0 Å². The third kappa shape index (κ3) is 7.78. The van der Waals surface area contributed by atoms with Gasteiger partial charge >= 0.3 is 5.97 Å². The van der Waals surface area contributed by atoms with E-state index in [-0.39, 0.29) is 36.9 Å². The molecule has 0 aromatic heterocycles. The van der Waals surface area contributed by atoms with E-state index >= 15 is 0 Å². The number of fused-ring (bicyclic) bond motifs is 2. The maximum atomic E-state index is 11.0. The van der Waals surface area contributed by atoms with Crippen molar-refractivity contribution in [2.75, 3.05) is 6.61 Å². The Morgan fingerprint density at radius 2 is 2.06 bits per heavy atom. The minimum Gasteiger partial charge on any atom is -0.482 e. The Morgan fingerprint density at radius 1 is 1.25 bits per heavy atom. The highest BCUT2D eigenvalue weighted by molar-refractivity contribution is 5.68.